The first-order valence-electron chi connectivity index (χ1n) is 7.98. The van der Waals surface area contributed by atoms with Crippen LogP contribution in [-0.4, -0.2) is 48.0 Å². The van der Waals surface area contributed by atoms with Crippen molar-refractivity contribution in [3.63, 3.8) is 0 Å². The molecule has 2 atom stereocenters. The minimum Gasteiger partial charge on any atom is -0.369 e. The molecule has 1 aliphatic heterocycles. The number of carbonyl (C=O) groups is 1. The van der Waals surface area contributed by atoms with Crippen molar-refractivity contribution >= 4 is 15.7 Å². The van der Waals surface area contributed by atoms with E-state index in [1.54, 1.807) is 20.0 Å². The van der Waals surface area contributed by atoms with Crippen LogP contribution < -0.4 is 5.32 Å². The van der Waals surface area contributed by atoms with E-state index in [1.165, 1.54) is 0 Å². The molecule has 130 valence electrons. The maximum Gasteiger partial charge on any atom is 0.226 e. The van der Waals surface area contributed by atoms with E-state index in [-0.39, 0.29) is 30.2 Å². The Labute approximate surface area is 137 Å². The zero-order valence-corrected chi connectivity index (χ0v) is 14.7. The van der Waals surface area contributed by atoms with E-state index in [9.17, 15) is 13.2 Å². The van der Waals surface area contributed by atoms with Gasteiger partial charge in [0.2, 0.25) is 5.91 Å². The molecule has 2 rings (SSSR count). The molecular formula is C15H25N3O4S. The van der Waals surface area contributed by atoms with Gasteiger partial charge in [0.1, 0.15) is 11.9 Å². The van der Waals surface area contributed by atoms with E-state index < -0.39 is 15.1 Å². The molecular weight excluding hydrogens is 318 g/mol. The molecule has 1 aromatic heterocycles. The number of imidazole rings is 1. The van der Waals surface area contributed by atoms with Gasteiger partial charge < -0.3 is 14.6 Å². The van der Waals surface area contributed by atoms with E-state index in [2.05, 4.69) is 10.3 Å². The molecule has 1 N–H and O–H groups in total. The highest BCUT2D eigenvalue weighted by atomic mass is 32.2. The highest BCUT2D eigenvalue weighted by molar-refractivity contribution is 7.92. The maximum absolute atomic E-state index is 12.4. The summed E-state index contributed by atoms with van der Waals surface area (Å²) in [6.07, 6.45) is 3.81. The lowest BCUT2D eigenvalue weighted by atomic mass is 10.00. The van der Waals surface area contributed by atoms with E-state index in [4.69, 9.17) is 4.74 Å². The Hall–Kier alpha value is -1.41. The van der Waals surface area contributed by atoms with Crippen LogP contribution in [0.25, 0.3) is 0 Å². The van der Waals surface area contributed by atoms with Gasteiger partial charge >= 0.3 is 0 Å². The second-order valence-electron chi connectivity index (χ2n) is 5.96. The van der Waals surface area contributed by atoms with Crippen LogP contribution in [0, 0.1) is 5.92 Å². The molecule has 2 heterocycles. The van der Waals surface area contributed by atoms with Gasteiger partial charge in [-0.3, -0.25) is 4.79 Å². The smallest absolute Gasteiger partial charge is 0.226 e. The van der Waals surface area contributed by atoms with E-state index in [0.717, 1.165) is 12.4 Å². The molecule has 0 aliphatic carbocycles. The van der Waals surface area contributed by atoms with E-state index >= 15 is 0 Å². The fraction of sp³-hybridized carbons (Fsp3) is 0.733. The predicted molar refractivity (Wildman–Crippen MR) is 86.6 cm³/mol. The maximum atomic E-state index is 12.4. The van der Waals surface area contributed by atoms with Crippen molar-refractivity contribution in [3.8, 4) is 0 Å². The highest BCUT2D eigenvalue weighted by Gasteiger charge is 2.37. The Kier molecular flexibility index (Phi) is 5.80. The summed E-state index contributed by atoms with van der Waals surface area (Å²) in [5.74, 6) is 0.208. The van der Waals surface area contributed by atoms with Crippen molar-refractivity contribution in [2.75, 3.05) is 18.9 Å². The molecule has 8 heteroatoms. The fourth-order valence-electron chi connectivity index (χ4n) is 2.64. The number of hydrogen-bond acceptors (Lipinski definition) is 5. The molecule has 0 unspecified atom stereocenters. The molecule has 0 bridgehead atoms. The van der Waals surface area contributed by atoms with Crippen molar-refractivity contribution in [1.29, 1.82) is 0 Å². The summed E-state index contributed by atoms with van der Waals surface area (Å²) in [7, 11) is -3.15. The van der Waals surface area contributed by atoms with Crippen LogP contribution in [0.4, 0.5) is 0 Å². The molecule has 1 aromatic rings. The number of carbonyl (C=O) groups excluding carboxylic acids is 1. The Morgan fingerprint density at radius 1 is 1.52 bits per heavy atom. The zero-order chi connectivity index (χ0) is 17.0. The molecule has 23 heavy (non-hydrogen) atoms. The molecule has 7 nitrogen and oxygen atoms in total. The topological polar surface area (TPSA) is 90.3 Å². The minimum absolute atomic E-state index is 0.0434. The van der Waals surface area contributed by atoms with Crippen LogP contribution in [0.1, 0.15) is 39.1 Å². The molecule has 0 spiro atoms. The van der Waals surface area contributed by atoms with Gasteiger partial charge in [-0.1, -0.05) is 0 Å². The van der Waals surface area contributed by atoms with Crippen molar-refractivity contribution in [3.05, 3.63) is 18.2 Å². The van der Waals surface area contributed by atoms with Crippen LogP contribution >= 0.6 is 0 Å². The molecule has 0 radical (unpaired) electrons. The number of hydrogen-bond donors (Lipinski definition) is 1. The molecule has 0 aromatic carbocycles. The summed E-state index contributed by atoms with van der Waals surface area (Å²) in [5, 5.41) is 2.30. The van der Waals surface area contributed by atoms with Gasteiger partial charge in [0.25, 0.3) is 0 Å². The third kappa shape index (κ3) is 4.11. The van der Waals surface area contributed by atoms with Crippen LogP contribution in [0.3, 0.4) is 0 Å². The van der Waals surface area contributed by atoms with E-state index in [1.807, 2.05) is 17.7 Å². The van der Waals surface area contributed by atoms with Gasteiger partial charge in [-0.05, 0) is 27.2 Å². The summed E-state index contributed by atoms with van der Waals surface area (Å²) in [4.78, 5) is 16.7. The summed E-state index contributed by atoms with van der Waals surface area (Å²) >= 11 is 0. The largest absolute Gasteiger partial charge is 0.369 e. The van der Waals surface area contributed by atoms with Crippen molar-refractivity contribution in [1.82, 2.24) is 14.9 Å². The number of rotatable bonds is 7. The second kappa shape index (κ2) is 7.44. The molecule has 1 fully saturated rings. The van der Waals surface area contributed by atoms with Gasteiger partial charge in [0.05, 0.1) is 16.9 Å². The molecule has 1 aliphatic rings. The third-order valence-corrected chi connectivity index (χ3v) is 6.39. The zero-order valence-electron chi connectivity index (χ0n) is 13.9. The third-order valence-electron chi connectivity index (χ3n) is 4.18. The normalized spacial score (nSPS) is 21.7. The van der Waals surface area contributed by atoms with Gasteiger partial charge in [-0.2, -0.15) is 0 Å². The molecule has 0 saturated carbocycles. The number of aryl methyl sites for hydroxylation is 1. The fourth-order valence-corrected chi connectivity index (χ4v) is 3.50. The number of ether oxygens (including phenoxy) is 1. The lowest BCUT2D eigenvalue weighted by molar-refractivity contribution is -0.126. The summed E-state index contributed by atoms with van der Waals surface area (Å²) in [5.41, 5.74) is 0. The lowest BCUT2D eigenvalue weighted by Crippen LogP contribution is -2.36. The second-order valence-corrected chi connectivity index (χ2v) is 8.64. The number of aromatic nitrogens is 2. The first kappa shape index (κ1) is 17.9. The Morgan fingerprint density at radius 2 is 2.26 bits per heavy atom. The Balaban J connectivity index is 1.96. The number of sulfone groups is 1. The van der Waals surface area contributed by atoms with Crippen LogP contribution in [0.15, 0.2) is 12.4 Å². The summed E-state index contributed by atoms with van der Waals surface area (Å²) < 4.78 is 31.2. The van der Waals surface area contributed by atoms with Gasteiger partial charge in [-0.25, -0.2) is 13.4 Å². The summed E-state index contributed by atoms with van der Waals surface area (Å²) in [6, 6.07) is 0. The Morgan fingerprint density at radius 3 is 2.91 bits per heavy atom. The number of nitrogens with zero attached hydrogens (tertiary/aromatic N) is 2. The van der Waals surface area contributed by atoms with Crippen LogP contribution in [0.2, 0.25) is 0 Å². The van der Waals surface area contributed by atoms with Crippen molar-refractivity contribution in [2.24, 2.45) is 5.92 Å². The predicted octanol–water partition coefficient (Wildman–Crippen LogP) is 0.920. The van der Waals surface area contributed by atoms with Gasteiger partial charge in [-0.15, -0.1) is 0 Å². The lowest BCUT2D eigenvalue weighted by Gasteiger charge is -2.19. The highest BCUT2D eigenvalue weighted by Crippen LogP contribution is 2.33. The first-order valence-corrected chi connectivity index (χ1v) is 9.70. The number of nitrogens with one attached hydrogen (secondary N) is 1. The monoisotopic (exact) mass is 343 g/mol. The SMILES string of the molecule is CCn1ccnc1[C@@H]1OCC[C@H]1C(=O)NCCS(=O)(=O)C(C)C. The quantitative estimate of drug-likeness (QED) is 0.795. The first-order chi connectivity index (χ1) is 10.9. The van der Waals surface area contributed by atoms with Crippen LogP contribution in [-0.2, 0) is 25.9 Å². The van der Waals surface area contributed by atoms with Crippen molar-refractivity contribution < 1.29 is 17.9 Å². The van der Waals surface area contributed by atoms with E-state index in [0.29, 0.717) is 13.0 Å². The summed E-state index contributed by atoms with van der Waals surface area (Å²) in [6.45, 7) is 6.68. The standard InChI is InChI=1S/C15H25N3O4S/c1-4-18-8-6-16-14(18)13-12(5-9-22-13)15(19)17-7-10-23(20,21)11(2)3/h6,8,11-13H,4-5,7,9-10H2,1-3H3,(H,17,19)/t12-,13-/m1/s1. The van der Waals surface area contributed by atoms with Gasteiger partial charge in [0.15, 0.2) is 9.84 Å². The average Bonchev–Trinajstić information content (AvgIpc) is 3.14. The van der Waals surface area contributed by atoms with Crippen molar-refractivity contribution in [2.45, 2.75) is 45.1 Å². The van der Waals surface area contributed by atoms with Gasteiger partial charge in [0, 0.05) is 32.1 Å². The minimum atomic E-state index is -3.15. The van der Waals surface area contributed by atoms with Crippen LogP contribution in [0.5, 0.6) is 0 Å². The molecule has 1 saturated heterocycles. The molecule has 1 amide bonds. The average molecular weight is 343 g/mol. The Bertz CT molecular complexity index is 639. The number of amides is 1.